The second kappa shape index (κ2) is 8.67. The summed E-state index contributed by atoms with van der Waals surface area (Å²) >= 11 is 0. The first kappa shape index (κ1) is 17.5. The molecular weight excluding hydrogens is 266 g/mol. The van der Waals surface area contributed by atoms with E-state index < -0.39 is 12.2 Å². The molecule has 2 N–H and O–H groups in total. The maximum Gasteiger partial charge on any atom is 0.260 e. The molecule has 1 rings (SSSR count). The molecule has 4 nitrogen and oxygen atoms in total. The minimum atomic E-state index is -0.581. The van der Waals surface area contributed by atoms with Gasteiger partial charge in [-0.3, -0.25) is 4.79 Å². The average molecular weight is 293 g/mol. The Morgan fingerprint density at radius 2 is 1.95 bits per heavy atom. The molecule has 1 aromatic carbocycles. The number of carbonyl (C=O) groups excluding carboxylic acids is 1. The van der Waals surface area contributed by atoms with Gasteiger partial charge in [0, 0.05) is 12.1 Å². The van der Waals surface area contributed by atoms with Gasteiger partial charge in [-0.15, -0.1) is 0 Å². The zero-order valence-electron chi connectivity index (χ0n) is 13.4. The maximum absolute atomic E-state index is 12.0. The first-order chi connectivity index (χ1) is 9.95. The normalized spacial score (nSPS) is 13.8. The molecule has 0 bridgehead atoms. The fourth-order valence-electron chi connectivity index (χ4n) is 1.95. The lowest BCUT2D eigenvalue weighted by Gasteiger charge is -2.19. The fourth-order valence-corrected chi connectivity index (χ4v) is 1.95. The molecule has 0 aliphatic rings. The number of para-hydroxylation sites is 1. The number of aliphatic hydroxyl groups excluding tert-OH is 1. The van der Waals surface area contributed by atoms with Crippen LogP contribution in [0.2, 0.25) is 0 Å². The van der Waals surface area contributed by atoms with E-state index in [1.54, 1.807) is 13.0 Å². The van der Waals surface area contributed by atoms with Crippen LogP contribution in [0.4, 0.5) is 0 Å². The number of nitrogens with one attached hydrogen (secondary N) is 1. The summed E-state index contributed by atoms with van der Waals surface area (Å²) < 4.78 is 5.72. The van der Waals surface area contributed by atoms with E-state index in [0.717, 1.165) is 12.0 Å². The van der Waals surface area contributed by atoms with Crippen molar-refractivity contribution in [1.29, 1.82) is 0 Å². The molecule has 0 aliphatic carbocycles. The highest BCUT2D eigenvalue weighted by molar-refractivity contribution is 5.80. The van der Waals surface area contributed by atoms with Crippen LogP contribution in [0.5, 0.6) is 5.75 Å². The Balaban J connectivity index is 2.62. The van der Waals surface area contributed by atoms with Crippen molar-refractivity contribution in [2.75, 3.05) is 6.54 Å². The van der Waals surface area contributed by atoms with E-state index in [2.05, 4.69) is 19.2 Å². The summed E-state index contributed by atoms with van der Waals surface area (Å²) in [5.74, 6) is 0.997. The second-order valence-corrected chi connectivity index (χ2v) is 5.70. The van der Waals surface area contributed by atoms with E-state index >= 15 is 0 Å². The molecular formula is C17H27NO3. The summed E-state index contributed by atoms with van der Waals surface area (Å²) in [6.07, 6.45) is 0.402. The van der Waals surface area contributed by atoms with E-state index in [4.69, 9.17) is 4.74 Å². The van der Waals surface area contributed by atoms with Crippen LogP contribution in [0.15, 0.2) is 24.3 Å². The zero-order chi connectivity index (χ0) is 15.8. The van der Waals surface area contributed by atoms with Gasteiger partial charge in [0.05, 0.1) is 6.10 Å². The van der Waals surface area contributed by atoms with Crippen molar-refractivity contribution in [3.8, 4) is 5.75 Å². The van der Waals surface area contributed by atoms with Crippen LogP contribution >= 0.6 is 0 Å². The van der Waals surface area contributed by atoms with Gasteiger partial charge in [0.25, 0.3) is 5.91 Å². The SMILES string of the molecule is CCC(O)c1ccccc1OC(C)C(=O)NCCC(C)C. The Morgan fingerprint density at radius 3 is 2.57 bits per heavy atom. The summed E-state index contributed by atoms with van der Waals surface area (Å²) in [5, 5.41) is 12.9. The molecule has 2 unspecified atom stereocenters. The minimum Gasteiger partial charge on any atom is -0.481 e. The molecule has 118 valence electrons. The maximum atomic E-state index is 12.0. The highest BCUT2D eigenvalue weighted by atomic mass is 16.5. The topological polar surface area (TPSA) is 58.6 Å². The first-order valence-electron chi connectivity index (χ1n) is 7.67. The number of amides is 1. The molecule has 0 spiro atoms. The van der Waals surface area contributed by atoms with Crippen molar-refractivity contribution in [2.24, 2.45) is 5.92 Å². The molecule has 2 atom stereocenters. The van der Waals surface area contributed by atoms with Crippen molar-refractivity contribution >= 4 is 5.91 Å². The highest BCUT2D eigenvalue weighted by Gasteiger charge is 2.18. The van der Waals surface area contributed by atoms with Crippen molar-refractivity contribution < 1.29 is 14.6 Å². The van der Waals surface area contributed by atoms with E-state index in [1.165, 1.54) is 0 Å². The number of hydrogen-bond acceptors (Lipinski definition) is 3. The van der Waals surface area contributed by atoms with Crippen LogP contribution in [-0.2, 0) is 4.79 Å². The molecule has 0 heterocycles. The minimum absolute atomic E-state index is 0.128. The van der Waals surface area contributed by atoms with Gasteiger partial charge in [0.2, 0.25) is 0 Å². The molecule has 0 aliphatic heterocycles. The summed E-state index contributed by atoms with van der Waals surface area (Å²) in [6.45, 7) is 8.52. The molecule has 0 fully saturated rings. The summed E-state index contributed by atoms with van der Waals surface area (Å²) in [6, 6.07) is 7.30. The van der Waals surface area contributed by atoms with Gasteiger partial charge in [0.15, 0.2) is 6.10 Å². The van der Waals surface area contributed by atoms with Crippen LogP contribution in [0, 0.1) is 5.92 Å². The number of hydrogen-bond donors (Lipinski definition) is 2. The van der Waals surface area contributed by atoms with Crippen molar-refractivity contribution in [3.63, 3.8) is 0 Å². The highest BCUT2D eigenvalue weighted by Crippen LogP contribution is 2.27. The summed E-state index contributed by atoms with van der Waals surface area (Å²) in [5.41, 5.74) is 0.724. The van der Waals surface area contributed by atoms with Crippen molar-refractivity contribution in [2.45, 2.75) is 52.7 Å². The summed E-state index contributed by atoms with van der Waals surface area (Å²) in [4.78, 5) is 12.0. The lowest BCUT2D eigenvalue weighted by molar-refractivity contribution is -0.127. The number of aliphatic hydroxyl groups is 1. The number of carbonyl (C=O) groups is 1. The van der Waals surface area contributed by atoms with Gasteiger partial charge < -0.3 is 15.2 Å². The van der Waals surface area contributed by atoms with Gasteiger partial charge in [-0.2, -0.15) is 0 Å². The predicted octanol–water partition coefficient (Wildman–Crippen LogP) is 3.06. The van der Waals surface area contributed by atoms with E-state index in [1.807, 2.05) is 25.1 Å². The lowest BCUT2D eigenvalue weighted by Crippen LogP contribution is -2.37. The standard InChI is InChI=1S/C17H27NO3/c1-5-15(19)14-8-6-7-9-16(14)21-13(4)17(20)18-11-10-12(2)3/h6-9,12-13,15,19H,5,10-11H2,1-4H3,(H,18,20). The van der Waals surface area contributed by atoms with Crippen LogP contribution < -0.4 is 10.1 Å². The average Bonchev–Trinajstić information content (AvgIpc) is 2.46. The molecule has 21 heavy (non-hydrogen) atoms. The first-order valence-corrected chi connectivity index (χ1v) is 7.67. The van der Waals surface area contributed by atoms with Crippen LogP contribution in [-0.4, -0.2) is 23.7 Å². The molecule has 4 heteroatoms. The largest absolute Gasteiger partial charge is 0.481 e. The third-order valence-electron chi connectivity index (χ3n) is 3.36. The fraction of sp³-hybridized carbons (Fsp3) is 0.588. The number of rotatable bonds is 8. The Labute approximate surface area is 127 Å². The Kier molecular flexibility index (Phi) is 7.23. The smallest absolute Gasteiger partial charge is 0.260 e. The van der Waals surface area contributed by atoms with Crippen LogP contribution in [0.3, 0.4) is 0 Å². The summed E-state index contributed by atoms with van der Waals surface area (Å²) in [7, 11) is 0. The van der Waals surface area contributed by atoms with Crippen molar-refractivity contribution in [1.82, 2.24) is 5.32 Å². The molecule has 1 aromatic rings. The van der Waals surface area contributed by atoms with E-state index in [-0.39, 0.29) is 5.91 Å². The Hall–Kier alpha value is -1.55. The molecule has 0 radical (unpaired) electrons. The van der Waals surface area contributed by atoms with Gasteiger partial charge in [-0.25, -0.2) is 0 Å². The van der Waals surface area contributed by atoms with Gasteiger partial charge in [-0.1, -0.05) is 39.0 Å². The van der Waals surface area contributed by atoms with Gasteiger partial charge in [-0.05, 0) is 31.7 Å². The Morgan fingerprint density at radius 1 is 1.29 bits per heavy atom. The van der Waals surface area contributed by atoms with Gasteiger partial charge in [0.1, 0.15) is 5.75 Å². The Bertz CT molecular complexity index is 445. The predicted molar refractivity (Wildman–Crippen MR) is 84.2 cm³/mol. The van der Waals surface area contributed by atoms with Crippen LogP contribution in [0.25, 0.3) is 0 Å². The lowest BCUT2D eigenvalue weighted by atomic mass is 10.1. The zero-order valence-corrected chi connectivity index (χ0v) is 13.4. The van der Waals surface area contributed by atoms with Crippen molar-refractivity contribution in [3.05, 3.63) is 29.8 Å². The molecule has 0 saturated heterocycles. The number of ether oxygens (including phenoxy) is 1. The van der Waals surface area contributed by atoms with Crippen LogP contribution in [0.1, 0.15) is 52.2 Å². The second-order valence-electron chi connectivity index (χ2n) is 5.70. The number of benzene rings is 1. The van der Waals surface area contributed by atoms with E-state index in [0.29, 0.717) is 24.6 Å². The third kappa shape index (κ3) is 5.76. The molecule has 0 aromatic heterocycles. The molecule has 1 amide bonds. The molecule has 0 saturated carbocycles. The third-order valence-corrected chi connectivity index (χ3v) is 3.36. The van der Waals surface area contributed by atoms with Gasteiger partial charge >= 0.3 is 0 Å². The van der Waals surface area contributed by atoms with E-state index in [9.17, 15) is 9.90 Å². The monoisotopic (exact) mass is 293 g/mol. The quantitative estimate of drug-likeness (QED) is 0.774.